The summed E-state index contributed by atoms with van der Waals surface area (Å²) in [4.78, 5) is 9.00. The van der Waals surface area contributed by atoms with Crippen molar-refractivity contribution in [2.75, 3.05) is 12.3 Å². The number of halogens is 1. The van der Waals surface area contributed by atoms with Crippen LogP contribution in [0.1, 0.15) is 22.6 Å². The highest BCUT2D eigenvalue weighted by Gasteiger charge is 2.16. The molecule has 0 aliphatic carbocycles. The number of nitrogen functional groups attached to an aromatic ring is 1. The van der Waals surface area contributed by atoms with Crippen LogP contribution in [0.15, 0.2) is 28.7 Å². The van der Waals surface area contributed by atoms with Crippen LogP contribution in [-0.2, 0) is 24.2 Å². The summed E-state index contributed by atoms with van der Waals surface area (Å²) in [5.41, 5.74) is 9.13. The lowest BCUT2D eigenvalue weighted by Gasteiger charge is -2.17. The van der Waals surface area contributed by atoms with Crippen LogP contribution in [-0.4, -0.2) is 16.6 Å². The van der Waals surface area contributed by atoms with Gasteiger partial charge in [-0.3, -0.25) is 0 Å². The van der Waals surface area contributed by atoms with Gasteiger partial charge in [-0.05, 0) is 17.7 Å². The van der Waals surface area contributed by atoms with E-state index in [9.17, 15) is 0 Å². The number of hydrogen-bond donors (Lipinski definition) is 1. The second kappa shape index (κ2) is 5.27. The second-order valence-corrected chi connectivity index (χ2v) is 5.48. The highest BCUT2D eigenvalue weighted by molar-refractivity contribution is 9.10. The van der Waals surface area contributed by atoms with Crippen molar-refractivity contribution in [2.45, 2.75) is 19.4 Å². The van der Waals surface area contributed by atoms with E-state index < -0.39 is 0 Å². The predicted molar refractivity (Wildman–Crippen MR) is 76.8 cm³/mol. The molecule has 1 aliphatic heterocycles. The van der Waals surface area contributed by atoms with Gasteiger partial charge in [0.05, 0.1) is 18.9 Å². The molecule has 98 valence electrons. The van der Waals surface area contributed by atoms with Gasteiger partial charge in [0.25, 0.3) is 0 Å². The van der Waals surface area contributed by atoms with E-state index in [1.807, 2.05) is 12.1 Å². The number of benzene rings is 1. The van der Waals surface area contributed by atoms with Crippen LogP contribution in [0.25, 0.3) is 0 Å². The van der Waals surface area contributed by atoms with Gasteiger partial charge in [-0.1, -0.05) is 28.1 Å². The van der Waals surface area contributed by atoms with Crippen molar-refractivity contribution in [3.63, 3.8) is 0 Å². The molecule has 3 rings (SSSR count). The average Bonchev–Trinajstić information content (AvgIpc) is 2.39. The van der Waals surface area contributed by atoms with Gasteiger partial charge in [0.2, 0.25) is 0 Å². The van der Waals surface area contributed by atoms with Crippen LogP contribution in [0.3, 0.4) is 0 Å². The van der Waals surface area contributed by atoms with Crippen LogP contribution < -0.4 is 5.73 Å². The first-order chi connectivity index (χ1) is 9.22. The first kappa shape index (κ1) is 12.6. The fourth-order valence-electron chi connectivity index (χ4n) is 2.22. The van der Waals surface area contributed by atoms with Gasteiger partial charge in [-0.15, -0.1) is 0 Å². The number of rotatable bonds is 2. The summed E-state index contributed by atoms with van der Waals surface area (Å²) in [5, 5.41) is 0. The Morgan fingerprint density at radius 1 is 1.32 bits per heavy atom. The van der Waals surface area contributed by atoms with Gasteiger partial charge >= 0.3 is 0 Å². The number of aromatic nitrogens is 2. The average molecular weight is 320 g/mol. The molecule has 4 nitrogen and oxygen atoms in total. The molecule has 0 spiro atoms. The number of nitrogens with zero attached hydrogens (tertiary/aromatic N) is 2. The van der Waals surface area contributed by atoms with E-state index >= 15 is 0 Å². The minimum atomic E-state index is 0.526. The van der Waals surface area contributed by atoms with Crippen molar-refractivity contribution >= 4 is 21.7 Å². The van der Waals surface area contributed by atoms with E-state index in [4.69, 9.17) is 10.5 Å². The third-order valence-corrected chi connectivity index (χ3v) is 3.65. The van der Waals surface area contributed by atoms with Crippen molar-refractivity contribution in [2.24, 2.45) is 0 Å². The summed E-state index contributed by atoms with van der Waals surface area (Å²) in [7, 11) is 0. The molecule has 0 saturated carbocycles. The van der Waals surface area contributed by atoms with Crippen LogP contribution in [0, 0.1) is 0 Å². The number of anilines is 1. The molecule has 0 radical (unpaired) electrons. The third kappa shape index (κ3) is 2.77. The molecule has 1 aromatic heterocycles. The van der Waals surface area contributed by atoms with Crippen LogP contribution in [0.2, 0.25) is 0 Å². The molecule has 0 bridgehead atoms. The highest BCUT2D eigenvalue weighted by atomic mass is 79.9. The zero-order chi connectivity index (χ0) is 13.2. The van der Waals surface area contributed by atoms with Gasteiger partial charge < -0.3 is 10.5 Å². The Morgan fingerprint density at radius 3 is 3.05 bits per heavy atom. The molecule has 1 aliphatic rings. The maximum atomic E-state index is 5.99. The monoisotopic (exact) mass is 319 g/mol. The Labute approximate surface area is 120 Å². The van der Waals surface area contributed by atoms with E-state index in [-0.39, 0.29) is 0 Å². The lowest BCUT2D eigenvalue weighted by Crippen LogP contribution is -2.17. The van der Waals surface area contributed by atoms with E-state index in [2.05, 4.69) is 38.0 Å². The SMILES string of the molecule is Nc1nc(Cc2cccc(Br)c2)nc2c1COCC2. The predicted octanol–water partition coefficient (Wildman–Crippen LogP) is 2.48. The number of hydrogen-bond acceptors (Lipinski definition) is 4. The zero-order valence-electron chi connectivity index (χ0n) is 10.4. The Morgan fingerprint density at radius 2 is 2.21 bits per heavy atom. The summed E-state index contributed by atoms with van der Waals surface area (Å²) in [6, 6.07) is 8.15. The summed E-state index contributed by atoms with van der Waals surface area (Å²) in [6.07, 6.45) is 1.51. The standard InChI is InChI=1S/C14H14BrN3O/c15-10-3-1-2-9(6-10)7-13-17-12-4-5-19-8-11(12)14(16)18-13/h1-3,6H,4-5,7-8H2,(H2,16,17,18). The third-order valence-electron chi connectivity index (χ3n) is 3.15. The van der Waals surface area contributed by atoms with Crippen molar-refractivity contribution < 1.29 is 4.74 Å². The lowest BCUT2D eigenvalue weighted by atomic mass is 10.1. The quantitative estimate of drug-likeness (QED) is 0.923. The minimum absolute atomic E-state index is 0.526. The molecule has 19 heavy (non-hydrogen) atoms. The topological polar surface area (TPSA) is 61.0 Å². The fraction of sp³-hybridized carbons (Fsp3) is 0.286. The van der Waals surface area contributed by atoms with Crippen LogP contribution >= 0.6 is 15.9 Å². The molecule has 1 aromatic carbocycles. The highest BCUT2D eigenvalue weighted by Crippen LogP contribution is 2.21. The van der Waals surface area contributed by atoms with Crippen molar-refractivity contribution in [1.82, 2.24) is 9.97 Å². The van der Waals surface area contributed by atoms with Gasteiger partial charge in [-0.2, -0.15) is 0 Å². The number of ether oxygens (including phenoxy) is 1. The first-order valence-electron chi connectivity index (χ1n) is 6.19. The maximum absolute atomic E-state index is 5.99. The van der Waals surface area contributed by atoms with Crippen molar-refractivity contribution in [3.05, 3.63) is 51.4 Å². The molecule has 0 atom stereocenters. The summed E-state index contributed by atoms with van der Waals surface area (Å²) >= 11 is 3.47. The van der Waals surface area contributed by atoms with Gasteiger partial charge in [0, 0.05) is 22.9 Å². The van der Waals surface area contributed by atoms with E-state index in [1.165, 1.54) is 5.56 Å². The molecule has 0 fully saturated rings. The Hall–Kier alpha value is -1.46. The summed E-state index contributed by atoms with van der Waals surface area (Å²) < 4.78 is 6.44. The number of nitrogens with two attached hydrogens (primary N) is 1. The molecule has 0 saturated heterocycles. The largest absolute Gasteiger partial charge is 0.383 e. The fourth-order valence-corrected chi connectivity index (χ4v) is 2.66. The molecule has 0 amide bonds. The van der Waals surface area contributed by atoms with Crippen LogP contribution in [0.4, 0.5) is 5.82 Å². The Kier molecular flexibility index (Phi) is 3.48. The van der Waals surface area contributed by atoms with E-state index in [1.54, 1.807) is 0 Å². The molecule has 2 heterocycles. The number of fused-ring (bicyclic) bond motifs is 1. The van der Waals surface area contributed by atoms with Gasteiger partial charge in [0.15, 0.2) is 0 Å². The second-order valence-electron chi connectivity index (χ2n) is 4.56. The minimum Gasteiger partial charge on any atom is -0.383 e. The zero-order valence-corrected chi connectivity index (χ0v) is 12.0. The molecule has 5 heteroatoms. The summed E-state index contributed by atoms with van der Waals surface area (Å²) in [5.74, 6) is 1.32. The normalized spacial score (nSPS) is 14.2. The Bertz CT molecular complexity index is 616. The smallest absolute Gasteiger partial charge is 0.135 e. The summed E-state index contributed by atoms with van der Waals surface area (Å²) in [6.45, 7) is 1.23. The maximum Gasteiger partial charge on any atom is 0.135 e. The van der Waals surface area contributed by atoms with Gasteiger partial charge in [-0.25, -0.2) is 9.97 Å². The van der Waals surface area contributed by atoms with Gasteiger partial charge in [0.1, 0.15) is 11.6 Å². The molecular weight excluding hydrogens is 306 g/mol. The first-order valence-corrected chi connectivity index (χ1v) is 6.98. The molecule has 2 N–H and O–H groups in total. The van der Waals surface area contributed by atoms with Crippen molar-refractivity contribution in [1.29, 1.82) is 0 Å². The lowest BCUT2D eigenvalue weighted by molar-refractivity contribution is 0.109. The Balaban J connectivity index is 1.91. The molecule has 0 unspecified atom stereocenters. The molecule has 2 aromatic rings. The molecular formula is C14H14BrN3O. The van der Waals surface area contributed by atoms with Crippen molar-refractivity contribution in [3.8, 4) is 0 Å². The van der Waals surface area contributed by atoms with Crippen LogP contribution in [0.5, 0.6) is 0 Å². The van der Waals surface area contributed by atoms with E-state index in [0.717, 1.165) is 28.0 Å². The van der Waals surface area contributed by atoms with E-state index in [0.29, 0.717) is 25.5 Å².